The van der Waals surface area contributed by atoms with Crippen molar-refractivity contribution in [2.45, 2.75) is 90.9 Å². The summed E-state index contributed by atoms with van der Waals surface area (Å²) in [5, 5.41) is 0. The van der Waals surface area contributed by atoms with E-state index in [9.17, 15) is 0 Å². The average molecular weight is 250 g/mol. The van der Waals surface area contributed by atoms with Crippen molar-refractivity contribution in [3.05, 3.63) is 12.2 Å². The average Bonchev–Trinajstić information content (AvgIpc) is 2.39. The molecule has 0 bridgehead atoms. The molecule has 1 aliphatic rings. The number of rotatable bonds is 10. The van der Waals surface area contributed by atoms with E-state index >= 15 is 0 Å². The van der Waals surface area contributed by atoms with Crippen LogP contribution in [0.2, 0.25) is 0 Å². The zero-order valence-electron chi connectivity index (χ0n) is 12.8. The van der Waals surface area contributed by atoms with Gasteiger partial charge in [-0.05, 0) is 31.1 Å². The second-order valence-corrected chi connectivity index (χ2v) is 6.32. The van der Waals surface area contributed by atoms with Gasteiger partial charge in [-0.3, -0.25) is 0 Å². The molecule has 0 saturated carbocycles. The molecule has 1 aliphatic carbocycles. The lowest BCUT2D eigenvalue weighted by Crippen LogP contribution is -2.05. The van der Waals surface area contributed by atoms with Crippen LogP contribution in [0.4, 0.5) is 0 Å². The molecule has 0 fully saturated rings. The summed E-state index contributed by atoms with van der Waals surface area (Å²) in [6, 6.07) is 0. The van der Waals surface area contributed by atoms with E-state index in [2.05, 4.69) is 26.0 Å². The van der Waals surface area contributed by atoms with Crippen molar-refractivity contribution in [3.8, 4) is 0 Å². The predicted molar refractivity (Wildman–Crippen MR) is 82.9 cm³/mol. The summed E-state index contributed by atoms with van der Waals surface area (Å²) in [5.74, 6) is 1.75. The van der Waals surface area contributed by atoms with Gasteiger partial charge in [-0.2, -0.15) is 0 Å². The summed E-state index contributed by atoms with van der Waals surface area (Å²) in [7, 11) is 0. The van der Waals surface area contributed by atoms with Crippen molar-refractivity contribution in [2.24, 2.45) is 11.8 Å². The Hall–Kier alpha value is -0.260. The lowest BCUT2D eigenvalue weighted by atomic mass is 9.86. The molecule has 0 heterocycles. The Morgan fingerprint density at radius 3 is 1.94 bits per heavy atom. The lowest BCUT2D eigenvalue weighted by Gasteiger charge is -2.19. The smallest absolute Gasteiger partial charge is 0.0233 e. The molecule has 0 aromatic rings. The molecule has 0 nitrogen and oxygen atoms in total. The van der Waals surface area contributed by atoms with Crippen LogP contribution in [0.5, 0.6) is 0 Å². The third kappa shape index (κ3) is 7.95. The van der Waals surface area contributed by atoms with E-state index in [4.69, 9.17) is 0 Å². The first-order valence-electron chi connectivity index (χ1n) is 8.51. The van der Waals surface area contributed by atoms with Crippen LogP contribution in [0.1, 0.15) is 90.9 Å². The molecule has 2 atom stereocenters. The Morgan fingerprint density at radius 1 is 0.778 bits per heavy atom. The fraction of sp³-hybridized carbons (Fsp3) is 0.889. The Kier molecular flexibility index (Phi) is 9.34. The second-order valence-electron chi connectivity index (χ2n) is 6.32. The minimum absolute atomic E-state index is 0.837. The summed E-state index contributed by atoms with van der Waals surface area (Å²) in [4.78, 5) is 0. The second kappa shape index (κ2) is 10.6. The monoisotopic (exact) mass is 250 g/mol. The van der Waals surface area contributed by atoms with Gasteiger partial charge < -0.3 is 0 Å². The van der Waals surface area contributed by atoms with Gasteiger partial charge in [0, 0.05) is 0 Å². The third-order valence-electron chi connectivity index (χ3n) is 4.38. The molecule has 0 N–H and O–H groups in total. The van der Waals surface area contributed by atoms with E-state index in [-0.39, 0.29) is 0 Å². The van der Waals surface area contributed by atoms with E-state index < -0.39 is 0 Å². The molecule has 0 spiro atoms. The molecule has 0 radical (unpaired) electrons. The van der Waals surface area contributed by atoms with Crippen molar-refractivity contribution in [1.82, 2.24) is 0 Å². The van der Waals surface area contributed by atoms with Gasteiger partial charge in [-0.25, -0.2) is 0 Å². The van der Waals surface area contributed by atoms with Gasteiger partial charge in [-0.15, -0.1) is 0 Å². The highest BCUT2D eigenvalue weighted by atomic mass is 14.2. The van der Waals surface area contributed by atoms with Crippen LogP contribution in [0.25, 0.3) is 0 Å². The largest absolute Gasteiger partial charge is 0.0854 e. The molecule has 0 aliphatic heterocycles. The summed E-state index contributed by atoms with van der Waals surface area (Å²) >= 11 is 0. The molecule has 1 rings (SSSR count). The molecule has 106 valence electrons. The van der Waals surface area contributed by atoms with Crippen molar-refractivity contribution in [1.29, 1.82) is 0 Å². The maximum Gasteiger partial charge on any atom is -0.0233 e. The van der Waals surface area contributed by atoms with E-state index in [0.717, 1.165) is 11.8 Å². The van der Waals surface area contributed by atoms with Crippen LogP contribution >= 0.6 is 0 Å². The third-order valence-corrected chi connectivity index (χ3v) is 4.38. The van der Waals surface area contributed by atoms with E-state index in [1.165, 1.54) is 77.0 Å². The zero-order chi connectivity index (χ0) is 13.1. The first-order valence-corrected chi connectivity index (χ1v) is 8.51. The highest BCUT2D eigenvalue weighted by Gasteiger charge is 2.11. The van der Waals surface area contributed by atoms with Crippen molar-refractivity contribution in [2.75, 3.05) is 0 Å². The van der Waals surface area contributed by atoms with Crippen LogP contribution in [0.15, 0.2) is 12.2 Å². The summed E-state index contributed by atoms with van der Waals surface area (Å²) < 4.78 is 0. The first kappa shape index (κ1) is 15.8. The zero-order valence-corrected chi connectivity index (χ0v) is 12.8. The number of hydrogen-bond donors (Lipinski definition) is 0. The van der Waals surface area contributed by atoms with E-state index in [1.807, 2.05) is 0 Å². The highest BCUT2D eigenvalue weighted by Crippen LogP contribution is 2.26. The predicted octanol–water partition coefficient (Wildman–Crippen LogP) is 6.51. The van der Waals surface area contributed by atoms with Gasteiger partial charge in [0.25, 0.3) is 0 Å². The van der Waals surface area contributed by atoms with E-state index in [0.29, 0.717) is 0 Å². The SMILES string of the molecule is CCCCCCCCCCCC1C=CC(C)CC1. The molecule has 2 unspecified atom stereocenters. The summed E-state index contributed by atoms with van der Waals surface area (Å²) in [6.45, 7) is 4.63. The van der Waals surface area contributed by atoms with Gasteiger partial charge in [-0.1, -0.05) is 83.8 Å². The Morgan fingerprint density at radius 2 is 1.39 bits per heavy atom. The summed E-state index contributed by atoms with van der Waals surface area (Å²) in [5.41, 5.74) is 0. The number of unbranched alkanes of at least 4 members (excludes halogenated alkanes) is 8. The quantitative estimate of drug-likeness (QED) is 0.306. The van der Waals surface area contributed by atoms with Gasteiger partial charge in [0.05, 0.1) is 0 Å². The van der Waals surface area contributed by atoms with Gasteiger partial charge in [0.15, 0.2) is 0 Å². The maximum atomic E-state index is 2.49. The molecule has 0 heteroatoms. The first-order chi connectivity index (χ1) is 8.83. The standard InChI is InChI=1S/C18H34/c1-3-4-5-6-7-8-9-10-11-12-18-15-13-17(2)14-16-18/h13,15,17-18H,3-12,14,16H2,1-2H3. The molecule has 0 aromatic carbocycles. The fourth-order valence-corrected chi connectivity index (χ4v) is 2.97. The van der Waals surface area contributed by atoms with Crippen molar-refractivity contribution in [3.63, 3.8) is 0 Å². The highest BCUT2D eigenvalue weighted by molar-refractivity contribution is 4.96. The van der Waals surface area contributed by atoms with Crippen LogP contribution in [0.3, 0.4) is 0 Å². The molecule has 0 aromatic heterocycles. The normalized spacial score (nSPS) is 23.4. The van der Waals surface area contributed by atoms with Crippen LogP contribution in [0, 0.1) is 11.8 Å². The maximum absolute atomic E-state index is 2.49. The molecular weight excluding hydrogens is 216 g/mol. The summed E-state index contributed by atoms with van der Waals surface area (Å²) in [6.07, 6.45) is 22.3. The van der Waals surface area contributed by atoms with Crippen LogP contribution in [-0.4, -0.2) is 0 Å². The van der Waals surface area contributed by atoms with Gasteiger partial charge >= 0.3 is 0 Å². The molecular formula is C18H34. The van der Waals surface area contributed by atoms with Crippen LogP contribution < -0.4 is 0 Å². The fourth-order valence-electron chi connectivity index (χ4n) is 2.97. The van der Waals surface area contributed by atoms with Crippen LogP contribution in [-0.2, 0) is 0 Å². The molecule has 18 heavy (non-hydrogen) atoms. The number of hydrogen-bond acceptors (Lipinski definition) is 0. The molecule has 0 saturated heterocycles. The lowest BCUT2D eigenvalue weighted by molar-refractivity contribution is 0.432. The minimum atomic E-state index is 0.837. The van der Waals surface area contributed by atoms with Gasteiger partial charge in [0.1, 0.15) is 0 Å². The molecule has 0 amide bonds. The number of allylic oxidation sites excluding steroid dienone is 2. The van der Waals surface area contributed by atoms with Gasteiger partial charge in [0.2, 0.25) is 0 Å². The Balaban J connectivity index is 1.83. The minimum Gasteiger partial charge on any atom is -0.0854 e. The van der Waals surface area contributed by atoms with Crippen molar-refractivity contribution >= 4 is 0 Å². The van der Waals surface area contributed by atoms with Crippen molar-refractivity contribution < 1.29 is 0 Å². The van der Waals surface area contributed by atoms with E-state index in [1.54, 1.807) is 0 Å². The topological polar surface area (TPSA) is 0 Å². The Labute approximate surface area is 115 Å². The Bertz CT molecular complexity index is 204.